The summed E-state index contributed by atoms with van der Waals surface area (Å²) in [6.07, 6.45) is 2.03. The van der Waals surface area contributed by atoms with Gasteiger partial charge in [-0.05, 0) is 49.9 Å². The lowest BCUT2D eigenvalue weighted by Gasteiger charge is -2.33. The molecular weight excluding hydrogens is 533 g/mol. The van der Waals surface area contributed by atoms with Crippen molar-refractivity contribution < 1.29 is 4.79 Å². The smallest absolute Gasteiger partial charge is 0.236 e. The van der Waals surface area contributed by atoms with Crippen molar-refractivity contribution in [3.63, 3.8) is 0 Å². The first-order valence-corrected chi connectivity index (χ1v) is 10.4. The molecule has 6 nitrogen and oxygen atoms in total. The predicted molar refractivity (Wildman–Crippen MR) is 130 cm³/mol. The molecule has 1 amide bonds. The number of likely N-dealkylation sites (N-methyl/N-ethyl adjacent to an activating group) is 1. The maximum Gasteiger partial charge on any atom is 0.236 e. The number of rotatable bonds is 6. The number of likely N-dealkylation sites (tertiary alicyclic amines) is 1. The van der Waals surface area contributed by atoms with Crippen LogP contribution in [0, 0.1) is 6.92 Å². The molecule has 0 unspecified atom stereocenters. The summed E-state index contributed by atoms with van der Waals surface area (Å²) in [5.41, 5.74) is 2.47. The van der Waals surface area contributed by atoms with Crippen molar-refractivity contribution in [2.75, 3.05) is 40.3 Å². The Labute approximate surface area is 194 Å². The summed E-state index contributed by atoms with van der Waals surface area (Å²) in [6, 6.07) is 6.69. The van der Waals surface area contributed by atoms with Crippen LogP contribution in [0.5, 0.6) is 0 Å². The van der Waals surface area contributed by atoms with Crippen molar-refractivity contribution in [2.24, 2.45) is 4.99 Å². The standard InChI is InChI=1S/C20H32BrN5O.HI/c1-5-22-20(23-13-16-6-7-17(21)12-15(16)2)24-18-8-10-26(11-9-18)14-19(27)25(3)4;/h6-7,12,18H,5,8-11,13-14H2,1-4H3,(H2,22,23,24);1H. The van der Waals surface area contributed by atoms with Gasteiger partial charge in [-0.2, -0.15) is 0 Å². The largest absolute Gasteiger partial charge is 0.357 e. The number of halogens is 2. The number of benzene rings is 1. The maximum atomic E-state index is 11.9. The number of hydrogen-bond donors (Lipinski definition) is 2. The summed E-state index contributed by atoms with van der Waals surface area (Å²) in [4.78, 5) is 20.5. The Balaban J connectivity index is 0.00000392. The van der Waals surface area contributed by atoms with Gasteiger partial charge < -0.3 is 15.5 Å². The number of hydrogen-bond acceptors (Lipinski definition) is 3. The molecule has 2 N–H and O–H groups in total. The van der Waals surface area contributed by atoms with Gasteiger partial charge in [0.2, 0.25) is 5.91 Å². The quantitative estimate of drug-likeness (QED) is 0.316. The van der Waals surface area contributed by atoms with Gasteiger partial charge in [-0.1, -0.05) is 22.0 Å². The maximum absolute atomic E-state index is 11.9. The molecule has 1 heterocycles. The van der Waals surface area contributed by atoms with Gasteiger partial charge in [0.25, 0.3) is 0 Å². The molecule has 0 aromatic heterocycles. The van der Waals surface area contributed by atoms with E-state index in [1.807, 2.05) is 14.1 Å². The first-order chi connectivity index (χ1) is 12.9. The molecule has 1 aromatic rings. The van der Waals surface area contributed by atoms with Crippen molar-refractivity contribution in [1.82, 2.24) is 20.4 Å². The van der Waals surface area contributed by atoms with Crippen LogP contribution in [0.1, 0.15) is 30.9 Å². The molecule has 1 fully saturated rings. The Hall–Kier alpha value is -0.870. The highest BCUT2D eigenvalue weighted by Crippen LogP contribution is 2.16. The fraction of sp³-hybridized carbons (Fsp3) is 0.600. The van der Waals surface area contributed by atoms with Crippen LogP contribution in [-0.4, -0.2) is 68.0 Å². The molecule has 158 valence electrons. The van der Waals surface area contributed by atoms with Crippen molar-refractivity contribution in [3.05, 3.63) is 33.8 Å². The molecule has 0 aliphatic carbocycles. The SMILES string of the molecule is CCNC(=NCc1ccc(Br)cc1C)NC1CCN(CC(=O)N(C)C)CC1.I. The lowest BCUT2D eigenvalue weighted by Crippen LogP contribution is -2.50. The summed E-state index contributed by atoms with van der Waals surface area (Å²) < 4.78 is 1.09. The van der Waals surface area contributed by atoms with E-state index in [1.54, 1.807) is 4.90 Å². The van der Waals surface area contributed by atoms with Gasteiger partial charge in [-0.25, -0.2) is 4.99 Å². The molecule has 1 aliphatic rings. The van der Waals surface area contributed by atoms with Gasteiger partial charge in [0.15, 0.2) is 5.96 Å². The second-order valence-corrected chi connectivity index (χ2v) is 8.16. The number of carbonyl (C=O) groups excluding carboxylic acids is 1. The molecule has 0 spiro atoms. The Morgan fingerprint density at radius 1 is 1.32 bits per heavy atom. The molecule has 0 saturated carbocycles. The van der Waals surface area contributed by atoms with Crippen LogP contribution in [0.2, 0.25) is 0 Å². The van der Waals surface area contributed by atoms with Crippen LogP contribution in [-0.2, 0) is 11.3 Å². The van der Waals surface area contributed by atoms with Gasteiger partial charge in [-0.15, -0.1) is 24.0 Å². The molecular formula is C20H33BrIN5O. The van der Waals surface area contributed by atoms with Crippen molar-refractivity contribution >= 4 is 51.8 Å². The third-order valence-corrected chi connectivity index (χ3v) is 5.34. The van der Waals surface area contributed by atoms with Crippen LogP contribution in [0.3, 0.4) is 0 Å². The van der Waals surface area contributed by atoms with E-state index < -0.39 is 0 Å². The van der Waals surface area contributed by atoms with E-state index in [-0.39, 0.29) is 29.9 Å². The lowest BCUT2D eigenvalue weighted by molar-refractivity contribution is -0.130. The van der Waals surface area contributed by atoms with E-state index in [0.717, 1.165) is 42.9 Å². The van der Waals surface area contributed by atoms with Crippen LogP contribution in [0.15, 0.2) is 27.7 Å². The molecule has 0 bridgehead atoms. The number of aliphatic imine (C=N–C) groups is 1. The second kappa shape index (κ2) is 12.6. The van der Waals surface area contributed by atoms with Gasteiger partial charge in [0, 0.05) is 44.2 Å². The Bertz CT molecular complexity index is 660. The minimum atomic E-state index is 0. The third kappa shape index (κ3) is 8.24. The molecule has 0 radical (unpaired) electrons. The van der Waals surface area contributed by atoms with Gasteiger partial charge in [-0.3, -0.25) is 9.69 Å². The van der Waals surface area contributed by atoms with E-state index in [4.69, 9.17) is 4.99 Å². The van der Waals surface area contributed by atoms with Crippen LogP contribution in [0.25, 0.3) is 0 Å². The average Bonchev–Trinajstić information content (AvgIpc) is 2.62. The average molecular weight is 566 g/mol. The topological polar surface area (TPSA) is 60.0 Å². The van der Waals surface area contributed by atoms with Gasteiger partial charge >= 0.3 is 0 Å². The molecule has 28 heavy (non-hydrogen) atoms. The molecule has 0 atom stereocenters. The van der Waals surface area contributed by atoms with Gasteiger partial charge in [0.1, 0.15) is 0 Å². The summed E-state index contributed by atoms with van der Waals surface area (Å²) in [7, 11) is 3.62. The predicted octanol–water partition coefficient (Wildman–Crippen LogP) is 2.98. The highest BCUT2D eigenvalue weighted by Gasteiger charge is 2.22. The van der Waals surface area contributed by atoms with Crippen LogP contribution < -0.4 is 10.6 Å². The van der Waals surface area contributed by atoms with E-state index in [9.17, 15) is 4.79 Å². The van der Waals surface area contributed by atoms with E-state index in [0.29, 0.717) is 19.1 Å². The second-order valence-electron chi connectivity index (χ2n) is 7.25. The zero-order valence-corrected chi connectivity index (χ0v) is 21.2. The fourth-order valence-corrected chi connectivity index (χ4v) is 3.56. The fourth-order valence-electron chi connectivity index (χ4n) is 3.08. The Morgan fingerprint density at radius 3 is 2.57 bits per heavy atom. The number of amides is 1. The molecule has 1 aromatic carbocycles. The highest BCUT2D eigenvalue weighted by molar-refractivity contribution is 14.0. The molecule has 1 aliphatic heterocycles. The molecule has 1 saturated heterocycles. The minimum absolute atomic E-state index is 0. The number of guanidine groups is 1. The Kier molecular flexibility index (Phi) is 11.4. The zero-order valence-electron chi connectivity index (χ0n) is 17.3. The van der Waals surface area contributed by atoms with Crippen molar-refractivity contribution in [2.45, 2.75) is 39.3 Å². The van der Waals surface area contributed by atoms with Gasteiger partial charge in [0.05, 0.1) is 13.1 Å². The number of carbonyl (C=O) groups is 1. The third-order valence-electron chi connectivity index (χ3n) is 4.84. The van der Waals surface area contributed by atoms with E-state index >= 15 is 0 Å². The number of piperidine rings is 1. The summed E-state index contributed by atoms with van der Waals surface area (Å²) >= 11 is 3.51. The first kappa shape index (κ1) is 25.2. The summed E-state index contributed by atoms with van der Waals surface area (Å²) in [6.45, 7) is 8.06. The van der Waals surface area contributed by atoms with E-state index in [2.05, 4.69) is 63.5 Å². The zero-order chi connectivity index (χ0) is 19.8. The minimum Gasteiger partial charge on any atom is -0.357 e. The Morgan fingerprint density at radius 2 is 2.00 bits per heavy atom. The van der Waals surface area contributed by atoms with Crippen molar-refractivity contribution in [1.29, 1.82) is 0 Å². The first-order valence-electron chi connectivity index (χ1n) is 9.61. The summed E-state index contributed by atoms with van der Waals surface area (Å²) in [5.74, 6) is 1.03. The van der Waals surface area contributed by atoms with E-state index in [1.165, 1.54) is 11.1 Å². The monoisotopic (exact) mass is 565 g/mol. The summed E-state index contributed by atoms with van der Waals surface area (Å²) in [5, 5.41) is 6.91. The molecule has 8 heteroatoms. The van der Waals surface area contributed by atoms with Crippen LogP contribution >= 0.6 is 39.9 Å². The number of nitrogens with one attached hydrogen (secondary N) is 2. The van der Waals surface area contributed by atoms with Crippen molar-refractivity contribution in [3.8, 4) is 0 Å². The van der Waals surface area contributed by atoms with Crippen LogP contribution in [0.4, 0.5) is 0 Å². The number of aryl methyl sites for hydroxylation is 1. The molecule has 2 rings (SSSR count). The number of nitrogens with zero attached hydrogens (tertiary/aromatic N) is 3. The lowest BCUT2D eigenvalue weighted by atomic mass is 10.1. The normalized spacial score (nSPS) is 15.7. The highest BCUT2D eigenvalue weighted by atomic mass is 127.